The van der Waals surface area contributed by atoms with Gasteiger partial charge in [-0.3, -0.25) is 0 Å². The standard InChI is InChI=1S/C9H14N2O3/c1-9(8-12,13-6-2-4-10)14-7-3-5-11/h12H,2-3,6-8H2,1H3. The average molecular weight is 198 g/mol. The Morgan fingerprint density at radius 1 is 1.14 bits per heavy atom. The van der Waals surface area contributed by atoms with Crippen molar-refractivity contribution in [2.24, 2.45) is 0 Å². The second kappa shape index (κ2) is 7.28. The van der Waals surface area contributed by atoms with E-state index in [0.717, 1.165) is 0 Å². The lowest BCUT2D eigenvalue weighted by molar-refractivity contribution is -0.241. The van der Waals surface area contributed by atoms with Gasteiger partial charge in [-0.2, -0.15) is 10.5 Å². The molecular weight excluding hydrogens is 184 g/mol. The summed E-state index contributed by atoms with van der Waals surface area (Å²) in [6, 6.07) is 3.83. The molecule has 0 bridgehead atoms. The van der Waals surface area contributed by atoms with Gasteiger partial charge in [0.1, 0.15) is 0 Å². The van der Waals surface area contributed by atoms with E-state index in [4.69, 9.17) is 25.1 Å². The molecule has 1 N–H and O–H groups in total. The first-order valence-corrected chi connectivity index (χ1v) is 4.31. The molecule has 0 rings (SSSR count). The topological polar surface area (TPSA) is 86.3 Å². The number of aliphatic hydroxyl groups is 1. The van der Waals surface area contributed by atoms with Crippen molar-refractivity contribution in [2.75, 3.05) is 19.8 Å². The van der Waals surface area contributed by atoms with Crippen LogP contribution in [-0.4, -0.2) is 30.7 Å². The molecule has 0 unspecified atom stereocenters. The minimum Gasteiger partial charge on any atom is -0.391 e. The van der Waals surface area contributed by atoms with Crippen molar-refractivity contribution in [2.45, 2.75) is 25.6 Å². The molecule has 5 nitrogen and oxygen atoms in total. The molecular formula is C9H14N2O3. The predicted molar refractivity (Wildman–Crippen MR) is 47.9 cm³/mol. The van der Waals surface area contributed by atoms with Gasteiger partial charge in [0.2, 0.25) is 0 Å². The second-order valence-electron chi connectivity index (χ2n) is 2.81. The van der Waals surface area contributed by atoms with Crippen molar-refractivity contribution in [3.8, 4) is 12.1 Å². The van der Waals surface area contributed by atoms with Gasteiger partial charge in [0.15, 0.2) is 5.79 Å². The van der Waals surface area contributed by atoms with Crippen LogP contribution >= 0.6 is 0 Å². The summed E-state index contributed by atoms with van der Waals surface area (Å²) in [5.41, 5.74) is 0. The zero-order chi connectivity index (χ0) is 10.9. The Bertz CT molecular complexity index is 209. The van der Waals surface area contributed by atoms with Gasteiger partial charge < -0.3 is 14.6 Å². The zero-order valence-electron chi connectivity index (χ0n) is 8.19. The van der Waals surface area contributed by atoms with Gasteiger partial charge in [0.25, 0.3) is 0 Å². The summed E-state index contributed by atoms with van der Waals surface area (Å²) in [6.07, 6.45) is 0.494. The Labute approximate surface area is 83.5 Å². The number of nitriles is 2. The summed E-state index contributed by atoms with van der Waals surface area (Å²) in [7, 11) is 0. The molecule has 0 spiro atoms. The number of rotatable bonds is 7. The number of hydrogen-bond acceptors (Lipinski definition) is 5. The van der Waals surface area contributed by atoms with Crippen molar-refractivity contribution < 1.29 is 14.6 Å². The van der Waals surface area contributed by atoms with Gasteiger partial charge in [-0.25, -0.2) is 0 Å². The third kappa shape index (κ3) is 5.50. The van der Waals surface area contributed by atoms with Gasteiger partial charge in [-0.05, 0) is 6.92 Å². The fourth-order valence-corrected chi connectivity index (χ4v) is 0.758. The predicted octanol–water partition coefficient (Wildman–Crippen LogP) is 0.555. The highest BCUT2D eigenvalue weighted by Crippen LogP contribution is 2.12. The van der Waals surface area contributed by atoms with Crippen LogP contribution in [0.2, 0.25) is 0 Å². The molecule has 0 fully saturated rings. The van der Waals surface area contributed by atoms with E-state index < -0.39 is 5.79 Å². The van der Waals surface area contributed by atoms with Crippen LogP contribution in [0, 0.1) is 22.7 Å². The molecule has 5 heteroatoms. The van der Waals surface area contributed by atoms with Gasteiger partial charge in [0.05, 0.1) is 44.8 Å². The lowest BCUT2D eigenvalue weighted by Gasteiger charge is -2.27. The van der Waals surface area contributed by atoms with Crippen LogP contribution in [0.5, 0.6) is 0 Å². The van der Waals surface area contributed by atoms with Gasteiger partial charge >= 0.3 is 0 Å². The van der Waals surface area contributed by atoms with E-state index in [1.54, 1.807) is 6.92 Å². The summed E-state index contributed by atoms with van der Waals surface area (Å²) in [4.78, 5) is 0. The van der Waals surface area contributed by atoms with E-state index in [1.165, 1.54) is 0 Å². The number of hydrogen-bond donors (Lipinski definition) is 1. The molecule has 14 heavy (non-hydrogen) atoms. The van der Waals surface area contributed by atoms with E-state index in [2.05, 4.69) is 0 Å². The van der Waals surface area contributed by atoms with E-state index in [9.17, 15) is 0 Å². The third-order valence-corrected chi connectivity index (χ3v) is 1.53. The summed E-state index contributed by atoms with van der Waals surface area (Å²) < 4.78 is 10.3. The summed E-state index contributed by atoms with van der Waals surface area (Å²) in [5, 5.41) is 25.5. The third-order valence-electron chi connectivity index (χ3n) is 1.53. The number of aliphatic hydroxyl groups excluding tert-OH is 1. The molecule has 0 aliphatic heterocycles. The van der Waals surface area contributed by atoms with Gasteiger partial charge in [-0.15, -0.1) is 0 Å². The summed E-state index contributed by atoms with van der Waals surface area (Å²) in [5.74, 6) is -1.10. The molecule has 0 aliphatic rings. The van der Waals surface area contributed by atoms with E-state index in [0.29, 0.717) is 0 Å². The largest absolute Gasteiger partial charge is 0.391 e. The van der Waals surface area contributed by atoms with Crippen molar-refractivity contribution in [1.82, 2.24) is 0 Å². The van der Waals surface area contributed by atoms with E-state index >= 15 is 0 Å². The zero-order valence-corrected chi connectivity index (χ0v) is 8.19. The van der Waals surface area contributed by atoms with Crippen molar-refractivity contribution in [1.29, 1.82) is 10.5 Å². The van der Waals surface area contributed by atoms with Crippen molar-refractivity contribution in [3.05, 3.63) is 0 Å². The molecule has 0 heterocycles. The van der Waals surface area contributed by atoms with Crippen LogP contribution in [0.15, 0.2) is 0 Å². The highest BCUT2D eigenvalue weighted by atomic mass is 16.7. The van der Waals surface area contributed by atoms with Crippen LogP contribution in [0.4, 0.5) is 0 Å². The van der Waals surface area contributed by atoms with Gasteiger partial charge in [-0.1, -0.05) is 0 Å². The first-order chi connectivity index (χ1) is 6.68. The first kappa shape index (κ1) is 12.9. The maximum absolute atomic E-state index is 8.97. The smallest absolute Gasteiger partial charge is 0.188 e. The maximum Gasteiger partial charge on any atom is 0.188 e. The number of nitrogens with zero attached hydrogens (tertiary/aromatic N) is 2. The highest BCUT2D eigenvalue weighted by molar-refractivity contribution is 4.71. The minimum absolute atomic E-state index is 0.208. The van der Waals surface area contributed by atoms with Crippen LogP contribution in [0.1, 0.15) is 19.8 Å². The molecule has 0 aromatic rings. The van der Waals surface area contributed by atoms with Crippen LogP contribution < -0.4 is 0 Å². The molecule has 78 valence electrons. The fourth-order valence-electron chi connectivity index (χ4n) is 0.758. The maximum atomic E-state index is 8.97. The quantitative estimate of drug-likeness (QED) is 0.477. The molecule has 0 saturated heterocycles. The molecule has 0 aromatic carbocycles. The second-order valence-corrected chi connectivity index (χ2v) is 2.81. The average Bonchev–Trinajstić information content (AvgIpc) is 2.19. The first-order valence-electron chi connectivity index (χ1n) is 4.31. The Hall–Kier alpha value is -1.14. The van der Waals surface area contributed by atoms with Crippen molar-refractivity contribution in [3.63, 3.8) is 0 Å². The SMILES string of the molecule is CC(CO)(OCCC#N)OCCC#N. The Kier molecular flexibility index (Phi) is 6.69. The molecule has 0 aliphatic carbocycles. The molecule has 0 radical (unpaired) electrons. The van der Waals surface area contributed by atoms with E-state index in [1.807, 2.05) is 12.1 Å². The van der Waals surface area contributed by atoms with E-state index in [-0.39, 0.29) is 32.7 Å². The fraction of sp³-hybridized carbons (Fsp3) is 0.778. The normalized spacial score (nSPS) is 10.6. The Balaban J connectivity index is 3.81. The van der Waals surface area contributed by atoms with Crippen LogP contribution in [0.25, 0.3) is 0 Å². The Morgan fingerprint density at radius 2 is 1.57 bits per heavy atom. The Morgan fingerprint density at radius 3 is 1.86 bits per heavy atom. The van der Waals surface area contributed by atoms with Gasteiger partial charge in [0, 0.05) is 0 Å². The lowest BCUT2D eigenvalue weighted by Crippen LogP contribution is -2.37. The number of ether oxygens (including phenoxy) is 2. The molecule has 0 aromatic heterocycles. The molecule has 0 atom stereocenters. The monoisotopic (exact) mass is 198 g/mol. The lowest BCUT2D eigenvalue weighted by atomic mass is 10.3. The summed E-state index contributed by atoms with van der Waals surface area (Å²) >= 11 is 0. The van der Waals surface area contributed by atoms with Crippen molar-refractivity contribution >= 4 is 0 Å². The highest BCUT2D eigenvalue weighted by Gasteiger charge is 2.24. The van der Waals surface area contributed by atoms with Crippen LogP contribution in [0.3, 0.4) is 0 Å². The minimum atomic E-state index is -1.10. The molecule has 0 amide bonds. The summed E-state index contributed by atoms with van der Waals surface area (Å²) in [6.45, 7) is 1.69. The van der Waals surface area contributed by atoms with Crippen LogP contribution in [-0.2, 0) is 9.47 Å². The molecule has 0 saturated carbocycles.